The molecule has 128 valence electrons. The number of methoxy groups -OCH3 is 2. The first kappa shape index (κ1) is 18.0. The second kappa shape index (κ2) is 9.05. The van der Waals surface area contributed by atoms with E-state index in [1.807, 2.05) is 41.8 Å². The Kier molecular flexibility index (Phi) is 6.77. The van der Waals surface area contributed by atoms with Gasteiger partial charge in [-0.15, -0.1) is 11.3 Å². The van der Waals surface area contributed by atoms with Gasteiger partial charge in [-0.2, -0.15) is 0 Å². The van der Waals surface area contributed by atoms with E-state index in [0.717, 1.165) is 10.4 Å². The van der Waals surface area contributed by atoms with Crippen LogP contribution in [-0.4, -0.2) is 32.6 Å². The summed E-state index contributed by atoms with van der Waals surface area (Å²) in [5.41, 5.74) is 0.807. The molecule has 0 saturated heterocycles. The number of carbonyl (C=O) groups is 2. The zero-order valence-corrected chi connectivity index (χ0v) is 14.4. The average molecular weight is 348 g/mol. The maximum Gasteiger partial charge on any atom is 0.309 e. The summed E-state index contributed by atoms with van der Waals surface area (Å²) in [6, 6.07) is 11.2. The predicted molar refractivity (Wildman–Crippen MR) is 91.9 cm³/mol. The minimum absolute atomic E-state index is 0.169. The monoisotopic (exact) mass is 348 g/mol. The number of carbonyl (C=O) groups excluding carboxylic acids is 2. The number of ether oxygens (including phenoxy) is 2. The molecule has 0 bridgehead atoms. The summed E-state index contributed by atoms with van der Waals surface area (Å²) in [7, 11) is 3.11. The van der Waals surface area contributed by atoms with Crippen LogP contribution in [0.5, 0.6) is 5.75 Å². The molecular weight excluding hydrogens is 328 g/mol. The SMILES string of the molecule is COc1ccccc1C(CNC(=O)C(=O)NCc1cccs1)OC. The fourth-order valence-electron chi connectivity index (χ4n) is 2.18. The summed E-state index contributed by atoms with van der Waals surface area (Å²) < 4.78 is 10.7. The fraction of sp³-hybridized carbons (Fsp3) is 0.294. The van der Waals surface area contributed by atoms with Crippen molar-refractivity contribution in [2.75, 3.05) is 20.8 Å². The molecule has 1 aromatic carbocycles. The van der Waals surface area contributed by atoms with Crippen LogP contribution in [0.1, 0.15) is 16.5 Å². The van der Waals surface area contributed by atoms with Gasteiger partial charge in [0, 0.05) is 24.1 Å². The molecule has 0 saturated carbocycles. The third-order valence-electron chi connectivity index (χ3n) is 3.43. The number of benzene rings is 1. The lowest BCUT2D eigenvalue weighted by Crippen LogP contribution is -2.41. The summed E-state index contributed by atoms with van der Waals surface area (Å²) in [6.45, 7) is 0.506. The van der Waals surface area contributed by atoms with Gasteiger partial charge in [0.25, 0.3) is 0 Å². The molecular formula is C17H20N2O4S. The number of hydrogen-bond donors (Lipinski definition) is 2. The van der Waals surface area contributed by atoms with Crippen molar-refractivity contribution < 1.29 is 19.1 Å². The van der Waals surface area contributed by atoms with Crippen LogP contribution in [0.4, 0.5) is 0 Å². The van der Waals surface area contributed by atoms with Gasteiger partial charge in [0.05, 0.1) is 13.7 Å². The molecule has 0 fully saturated rings. The average Bonchev–Trinajstić information content (AvgIpc) is 3.13. The number of rotatable bonds is 7. The number of hydrogen-bond acceptors (Lipinski definition) is 5. The molecule has 1 atom stereocenters. The smallest absolute Gasteiger partial charge is 0.309 e. The number of nitrogens with one attached hydrogen (secondary N) is 2. The Hall–Kier alpha value is -2.38. The van der Waals surface area contributed by atoms with E-state index in [9.17, 15) is 9.59 Å². The number of amides is 2. The van der Waals surface area contributed by atoms with Crippen LogP contribution in [0.3, 0.4) is 0 Å². The third-order valence-corrected chi connectivity index (χ3v) is 4.30. The quantitative estimate of drug-likeness (QED) is 0.749. The molecule has 6 nitrogen and oxygen atoms in total. The summed E-state index contributed by atoms with van der Waals surface area (Å²) >= 11 is 1.52. The van der Waals surface area contributed by atoms with Crippen molar-refractivity contribution in [2.45, 2.75) is 12.6 Å². The van der Waals surface area contributed by atoms with E-state index in [-0.39, 0.29) is 6.54 Å². The largest absolute Gasteiger partial charge is 0.496 e. The number of para-hydroxylation sites is 1. The Morgan fingerprint density at radius 3 is 2.50 bits per heavy atom. The lowest BCUT2D eigenvalue weighted by Gasteiger charge is -2.18. The van der Waals surface area contributed by atoms with Crippen LogP contribution >= 0.6 is 11.3 Å². The van der Waals surface area contributed by atoms with E-state index < -0.39 is 17.9 Å². The van der Waals surface area contributed by atoms with Crippen LogP contribution in [0.15, 0.2) is 41.8 Å². The highest BCUT2D eigenvalue weighted by Gasteiger charge is 2.19. The third kappa shape index (κ3) is 4.81. The van der Waals surface area contributed by atoms with Crippen molar-refractivity contribution in [3.05, 3.63) is 52.2 Å². The Balaban J connectivity index is 1.87. The minimum Gasteiger partial charge on any atom is -0.496 e. The normalized spacial score (nSPS) is 11.6. The summed E-state index contributed by atoms with van der Waals surface area (Å²) in [5.74, 6) is -0.692. The molecule has 1 aromatic heterocycles. The minimum atomic E-state index is -0.691. The summed E-state index contributed by atoms with van der Waals surface area (Å²) in [6.07, 6.45) is -0.407. The Morgan fingerprint density at radius 2 is 1.83 bits per heavy atom. The van der Waals surface area contributed by atoms with Gasteiger partial charge in [0.15, 0.2) is 0 Å². The lowest BCUT2D eigenvalue weighted by atomic mass is 10.1. The molecule has 0 aliphatic carbocycles. The first-order chi connectivity index (χ1) is 11.7. The highest BCUT2D eigenvalue weighted by atomic mass is 32.1. The van der Waals surface area contributed by atoms with Crippen LogP contribution in [0, 0.1) is 0 Å². The van der Waals surface area contributed by atoms with Gasteiger partial charge in [0.2, 0.25) is 0 Å². The van der Waals surface area contributed by atoms with Gasteiger partial charge >= 0.3 is 11.8 Å². The standard InChI is InChI=1S/C17H20N2O4S/c1-22-14-8-4-3-7-13(14)15(23-2)11-19-17(21)16(20)18-10-12-6-5-9-24-12/h3-9,15H,10-11H2,1-2H3,(H,18,20)(H,19,21). The van der Waals surface area contributed by atoms with E-state index in [1.54, 1.807) is 14.2 Å². The topological polar surface area (TPSA) is 76.7 Å². The van der Waals surface area contributed by atoms with Crippen LogP contribution in [0.25, 0.3) is 0 Å². The molecule has 1 heterocycles. The van der Waals surface area contributed by atoms with Gasteiger partial charge in [-0.3, -0.25) is 9.59 Å². The molecule has 0 radical (unpaired) electrons. The Morgan fingerprint density at radius 1 is 1.08 bits per heavy atom. The van der Waals surface area contributed by atoms with E-state index in [4.69, 9.17) is 9.47 Å². The van der Waals surface area contributed by atoms with E-state index in [1.165, 1.54) is 11.3 Å². The van der Waals surface area contributed by atoms with Crippen molar-refractivity contribution in [3.63, 3.8) is 0 Å². The Labute approximate surface area is 144 Å². The highest BCUT2D eigenvalue weighted by molar-refractivity contribution is 7.09. The molecule has 7 heteroatoms. The Bertz CT molecular complexity index is 673. The summed E-state index contributed by atoms with van der Waals surface area (Å²) in [4.78, 5) is 24.7. The van der Waals surface area contributed by atoms with Gasteiger partial charge < -0.3 is 20.1 Å². The second-order valence-corrected chi connectivity index (χ2v) is 5.97. The second-order valence-electron chi connectivity index (χ2n) is 4.94. The van der Waals surface area contributed by atoms with Crippen molar-refractivity contribution in [1.82, 2.24) is 10.6 Å². The highest BCUT2D eigenvalue weighted by Crippen LogP contribution is 2.26. The zero-order chi connectivity index (χ0) is 17.4. The maximum atomic E-state index is 11.9. The van der Waals surface area contributed by atoms with Crippen LogP contribution < -0.4 is 15.4 Å². The van der Waals surface area contributed by atoms with E-state index in [2.05, 4.69) is 10.6 Å². The van der Waals surface area contributed by atoms with E-state index >= 15 is 0 Å². The van der Waals surface area contributed by atoms with Gasteiger partial charge in [0.1, 0.15) is 11.9 Å². The molecule has 0 spiro atoms. The molecule has 2 aromatic rings. The number of thiophene rings is 1. The molecule has 2 N–H and O–H groups in total. The van der Waals surface area contributed by atoms with Gasteiger partial charge in [-0.25, -0.2) is 0 Å². The van der Waals surface area contributed by atoms with Gasteiger partial charge in [-0.05, 0) is 17.5 Å². The fourth-order valence-corrected chi connectivity index (χ4v) is 2.82. The molecule has 2 amide bonds. The van der Waals surface area contributed by atoms with E-state index in [0.29, 0.717) is 12.3 Å². The first-order valence-electron chi connectivity index (χ1n) is 7.39. The molecule has 2 rings (SSSR count). The van der Waals surface area contributed by atoms with Crippen molar-refractivity contribution >= 4 is 23.2 Å². The predicted octanol–water partition coefficient (Wildman–Crippen LogP) is 1.88. The summed E-state index contributed by atoms with van der Waals surface area (Å²) in [5, 5.41) is 7.08. The van der Waals surface area contributed by atoms with Crippen molar-refractivity contribution in [1.29, 1.82) is 0 Å². The van der Waals surface area contributed by atoms with Gasteiger partial charge in [-0.1, -0.05) is 24.3 Å². The molecule has 0 aliphatic heterocycles. The molecule has 0 aliphatic rings. The molecule has 24 heavy (non-hydrogen) atoms. The maximum absolute atomic E-state index is 11.9. The van der Waals surface area contributed by atoms with Crippen LogP contribution in [0.2, 0.25) is 0 Å². The molecule has 1 unspecified atom stereocenters. The van der Waals surface area contributed by atoms with Crippen LogP contribution in [-0.2, 0) is 20.9 Å². The van der Waals surface area contributed by atoms with Crippen molar-refractivity contribution in [3.8, 4) is 5.75 Å². The first-order valence-corrected chi connectivity index (χ1v) is 8.27. The lowest BCUT2D eigenvalue weighted by molar-refractivity contribution is -0.139. The zero-order valence-electron chi connectivity index (χ0n) is 13.6. The van der Waals surface area contributed by atoms with Crippen molar-refractivity contribution in [2.24, 2.45) is 0 Å².